The first-order valence-electron chi connectivity index (χ1n) is 17.4. The summed E-state index contributed by atoms with van der Waals surface area (Å²) < 4.78 is 40.0. The highest BCUT2D eigenvalue weighted by atomic mass is 35.5. The van der Waals surface area contributed by atoms with Crippen LogP contribution in [0.3, 0.4) is 0 Å². The fourth-order valence-electron chi connectivity index (χ4n) is 7.55. The van der Waals surface area contributed by atoms with Crippen molar-refractivity contribution in [1.29, 1.82) is 0 Å². The van der Waals surface area contributed by atoms with Gasteiger partial charge in [-0.15, -0.1) is 0 Å². The number of ether oxygens (including phenoxy) is 2. The Morgan fingerprint density at radius 3 is 2.52 bits per heavy atom. The van der Waals surface area contributed by atoms with E-state index < -0.39 is 17.7 Å². The number of benzene rings is 2. The molecule has 1 aliphatic carbocycles. The Bertz CT molecular complexity index is 2240. The SMILES string of the molecule is CCOC(=O)C1CCN(C2CCc3cc(-c4cccc(-c5cccc(Nc6nc(C(F)F)cc7cnn(C)c(=O)c67)c5C)c4Cl)nc(OC)c32)CC1. The highest BCUT2D eigenvalue weighted by Gasteiger charge is 2.36. The first kappa shape index (κ1) is 35.5. The van der Waals surface area contributed by atoms with E-state index in [-0.39, 0.29) is 34.5 Å². The Labute approximate surface area is 304 Å². The van der Waals surface area contributed by atoms with Gasteiger partial charge in [0.25, 0.3) is 12.0 Å². The van der Waals surface area contributed by atoms with Crippen LogP contribution in [0.15, 0.2) is 59.5 Å². The van der Waals surface area contributed by atoms with Crippen molar-refractivity contribution in [2.24, 2.45) is 13.0 Å². The standard InChI is InChI=1S/C39H39ClF2N6O4/c1-5-52-39(50)22-14-16-48(17-15-22)31-13-12-23-18-29(46-37(51-4)32(23)31)27-10-6-9-26(34(27)40)25-8-7-11-28(21(25)2)44-36-33-24(19-30(45-36)35(41)42)20-43-47(3)38(33)49/h6-11,18-20,22,31,35H,5,12-17H2,1-4H3,(H,44,45). The van der Waals surface area contributed by atoms with E-state index in [4.69, 9.17) is 26.1 Å². The number of carbonyl (C=O) groups is 1. The maximum Gasteiger partial charge on any atom is 0.309 e. The lowest BCUT2D eigenvalue weighted by Crippen LogP contribution is -2.38. The minimum absolute atomic E-state index is 0.0204. The number of aryl methyl sites for hydroxylation is 2. The topological polar surface area (TPSA) is 111 Å². The number of nitrogens with zero attached hydrogens (tertiary/aromatic N) is 5. The summed E-state index contributed by atoms with van der Waals surface area (Å²) in [5.41, 5.74) is 5.68. The summed E-state index contributed by atoms with van der Waals surface area (Å²) in [6.07, 6.45) is 1.87. The molecule has 7 rings (SSSR count). The van der Waals surface area contributed by atoms with Crippen molar-refractivity contribution in [1.82, 2.24) is 24.6 Å². The van der Waals surface area contributed by atoms with Gasteiger partial charge in [0, 0.05) is 40.9 Å². The number of fused-ring (bicyclic) bond motifs is 2. The van der Waals surface area contributed by atoms with Gasteiger partial charge in [-0.25, -0.2) is 23.4 Å². The number of anilines is 2. The summed E-state index contributed by atoms with van der Waals surface area (Å²) in [6, 6.07) is 14.8. The highest BCUT2D eigenvalue weighted by molar-refractivity contribution is 6.36. The van der Waals surface area contributed by atoms with Crippen LogP contribution in [-0.4, -0.2) is 57.4 Å². The van der Waals surface area contributed by atoms with E-state index in [1.165, 1.54) is 19.3 Å². The Morgan fingerprint density at radius 1 is 1.06 bits per heavy atom. The molecule has 0 bridgehead atoms. The molecular formula is C39H39ClF2N6O4. The largest absolute Gasteiger partial charge is 0.481 e. The van der Waals surface area contributed by atoms with Gasteiger partial charge in [-0.3, -0.25) is 14.5 Å². The van der Waals surface area contributed by atoms with Gasteiger partial charge in [0.15, 0.2) is 0 Å². The number of nitrogens with one attached hydrogen (secondary N) is 1. The molecule has 0 saturated carbocycles. The van der Waals surface area contributed by atoms with E-state index >= 15 is 0 Å². The number of hydrogen-bond donors (Lipinski definition) is 1. The first-order chi connectivity index (χ1) is 25.1. The molecule has 10 nitrogen and oxygen atoms in total. The summed E-state index contributed by atoms with van der Waals surface area (Å²) in [5.74, 6) is 0.421. The molecule has 0 amide bonds. The van der Waals surface area contributed by atoms with Crippen LogP contribution in [0.2, 0.25) is 5.02 Å². The summed E-state index contributed by atoms with van der Waals surface area (Å²) in [5, 5.41) is 8.08. The number of esters is 1. The molecule has 3 aromatic heterocycles. The molecule has 1 atom stereocenters. The van der Waals surface area contributed by atoms with Crippen molar-refractivity contribution in [2.45, 2.75) is 52.0 Å². The van der Waals surface area contributed by atoms with Crippen LogP contribution >= 0.6 is 11.6 Å². The van der Waals surface area contributed by atoms with E-state index in [2.05, 4.69) is 26.4 Å². The Balaban J connectivity index is 1.20. The lowest BCUT2D eigenvalue weighted by Gasteiger charge is -2.35. The van der Waals surface area contributed by atoms with E-state index in [0.29, 0.717) is 28.9 Å². The van der Waals surface area contributed by atoms with Crippen LogP contribution in [-0.2, 0) is 23.0 Å². The van der Waals surface area contributed by atoms with Crippen LogP contribution in [0.1, 0.15) is 61.0 Å². The predicted octanol–water partition coefficient (Wildman–Crippen LogP) is 7.97. The smallest absolute Gasteiger partial charge is 0.309 e. The van der Waals surface area contributed by atoms with Crippen molar-refractivity contribution in [3.8, 4) is 28.3 Å². The average molecular weight is 729 g/mol. The van der Waals surface area contributed by atoms with Gasteiger partial charge >= 0.3 is 5.97 Å². The minimum atomic E-state index is -2.84. The highest BCUT2D eigenvalue weighted by Crippen LogP contribution is 2.46. The molecule has 13 heteroatoms. The molecule has 0 radical (unpaired) electrons. The van der Waals surface area contributed by atoms with Crippen molar-refractivity contribution in [3.63, 3.8) is 0 Å². The first-order valence-corrected chi connectivity index (χ1v) is 17.8. The molecule has 2 aromatic carbocycles. The maximum absolute atomic E-state index is 13.8. The lowest BCUT2D eigenvalue weighted by atomic mass is 9.94. The maximum atomic E-state index is 13.8. The van der Waals surface area contributed by atoms with Crippen LogP contribution in [0, 0.1) is 12.8 Å². The number of carbonyl (C=O) groups excluding carboxylic acids is 1. The molecule has 270 valence electrons. The average Bonchev–Trinajstić information content (AvgIpc) is 3.58. The molecule has 5 aromatic rings. The van der Waals surface area contributed by atoms with E-state index in [1.807, 2.05) is 44.2 Å². The summed E-state index contributed by atoms with van der Waals surface area (Å²) >= 11 is 7.20. The van der Waals surface area contributed by atoms with Gasteiger partial charge in [-0.1, -0.05) is 41.9 Å². The van der Waals surface area contributed by atoms with Crippen molar-refractivity contribution in [2.75, 3.05) is 32.1 Å². The minimum Gasteiger partial charge on any atom is -0.481 e. The number of likely N-dealkylation sites (tertiary alicyclic amines) is 1. The summed E-state index contributed by atoms with van der Waals surface area (Å²) in [4.78, 5) is 36.9. The lowest BCUT2D eigenvalue weighted by molar-refractivity contribution is -0.149. The predicted molar refractivity (Wildman–Crippen MR) is 196 cm³/mol. The normalized spacial score (nSPS) is 16.3. The zero-order valence-corrected chi connectivity index (χ0v) is 30.1. The van der Waals surface area contributed by atoms with Crippen LogP contribution in [0.4, 0.5) is 20.3 Å². The third-order valence-electron chi connectivity index (χ3n) is 10.2. The van der Waals surface area contributed by atoms with E-state index in [1.54, 1.807) is 13.2 Å². The molecule has 1 N–H and O–H groups in total. The zero-order chi connectivity index (χ0) is 36.7. The van der Waals surface area contributed by atoms with Crippen LogP contribution in [0.5, 0.6) is 5.88 Å². The van der Waals surface area contributed by atoms with Crippen LogP contribution < -0.4 is 15.6 Å². The third-order valence-corrected chi connectivity index (χ3v) is 10.6. The van der Waals surface area contributed by atoms with Gasteiger partial charge in [-0.2, -0.15) is 5.10 Å². The van der Waals surface area contributed by atoms with Crippen molar-refractivity contribution in [3.05, 3.63) is 92.5 Å². The molecule has 1 unspecified atom stereocenters. The molecule has 1 aliphatic heterocycles. The summed E-state index contributed by atoms with van der Waals surface area (Å²) in [7, 11) is 3.13. The Morgan fingerprint density at radius 2 is 1.79 bits per heavy atom. The molecular weight excluding hydrogens is 690 g/mol. The fraction of sp³-hybridized carbons (Fsp3) is 0.359. The Hall–Kier alpha value is -4.94. The summed E-state index contributed by atoms with van der Waals surface area (Å²) in [6.45, 7) is 5.73. The second-order valence-electron chi connectivity index (χ2n) is 13.2. The molecule has 0 spiro atoms. The fourth-order valence-corrected chi connectivity index (χ4v) is 7.88. The number of aromatic nitrogens is 4. The number of rotatable bonds is 9. The molecule has 1 saturated heterocycles. The number of piperidine rings is 1. The van der Waals surface area contributed by atoms with Gasteiger partial charge < -0.3 is 14.8 Å². The molecule has 4 heterocycles. The monoisotopic (exact) mass is 728 g/mol. The van der Waals surface area contributed by atoms with Gasteiger partial charge in [0.1, 0.15) is 11.5 Å². The molecule has 1 fully saturated rings. The Kier molecular flexibility index (Phi) is 9.95. The third kappa shape index (κ3) is 6.49. The second-order valence-corrected chi connectivity index (χ2v) is 13.6. The molecule has 52 heavy (non-hydrogen) atoms. The number of methoxy groups -OCH3 is 1. The molecule has 2 aliphatic rings. The number of hydrogen-bond acceptors (Lipinski definition) is 9. The van der Waals surface area contributed by atoms with Gasteiger partial charge in [0.05, 0.1) is 41.9 Å². The van der Waals surface area contributed by atoms with Crippen molar-refractivity contribution < 1.29 is 23.0 Å². The van der Waals surface area contributed by atoms with Crippen molar-refractivity contribution >= 4 is 39.8 Å². The van der Waals surface area contributed by atoms with Gasteiger partial charge in [0.2, 0.25) is 5.88 Å². The number of alkyl halides is 2. The van der Waals surface area contributed by atoms with Crippen LogP contribution in [0.25, 0.3) is 33.2 Å². The van der Waals surface area contributed by atoms with Gasteiger partial charge in [-0.05, 0) is 87.5 Å². The second kappa shape index (κ2) is 14.6. The number of halogens is 3. The zero-order valence-electron chi connectivity index (χ0n) is 29.4. The quantitative estimate of drug-likeness (QED) is 0.151. The van der Waals surface area contributed by atoms with E-state index in [0.717, 1.165) is 76.8 Å². The number of pyridine rings is 2. The van der Waals surface area contributed by atoms with E-state index in [9.17, 15) is 18.4 Å².